The van der Waals surface area contributed by atoms with Crippen LogP contribution >= 0.6 is 0 Å². The Bertz CT molecular complexity index is 1260. The fraction of sp³-hybridized carbons (Fsp3) is 0.167. The van der Waals surface area contributed by atoms with Crippen molar-refractivity contribution in [1.82, 2.24) is 10.3 Å². The zero-order valence-electron chi connectivity index (χ0n) is 17.6. The smallest absolute Gasteiger partial charge is 0.407 e. The van der Waals surface area contributed by atoms with E-state index in [-0.39, 0.29) is 6.61 Å². The van der Waals surface area contributed by atoms with E-state index in [2.05, 4.69) is 10.6 Å². The lowest BCUT2D eigenvalue weighted by Crippen LogP contribution is -2.18. The lowest BCUT2D eigenvalue weighted by atomic mass is 10.1. The molecule has 0 atom stereocenters. The number of benzene rings is 3. The maximum atomic E-state index is 11.4. The quantitative estimate of drug-likeness (QED) is 0.430. The van der Waals surface area contributed by atoms with Gasteiger partial charge in [0.05, 0.1) is 30.9 Å². The molecule has 0 fully saturated rings. The van der Waals surface area contributed by atoms with Gasteiger partial charge >= 0.3 is 6.09 Å². The first-order valence-corrected chi connectivity index (χ1v) is 9.77. The Morgan fingerprint density at radius 3 is 2.45 bits per heavy atom. The van der Waals surface area contributed by atoms with Gasteiger partial charge in [-0.2, -0.15) is 0 Å². The molecule has 0 unspecified atom stereocenters. The molecule has 0 bridgehead atoms. The van der Waals surface area contributed by atoms with Gasteiger partial charge in [0.1, 0.15) is 18.1 Å². The molecule has 31 heavy (non-hydrogen) atoms. The molecule has 0 aliphatic rings. The Labute approximate surface area is 179 Å². The van der Waals surface area contributed by atoms with Crippen molar-refractivity contribution in [1.29, 1.82) is 0 Å². The summed E-state index contributed by atoms with van der Waals surface area (Å²) in [4.78, 5) is 16.2. The molecular weight excluding hydrogens is 394 g/mol. The molecule has 158 valence electrons. The van der Waals surface area contributed by atoms with Crippen molar-refractivity contribution in [2.24, 2.45) is 0 Å². The molecule has 0 aliphatic carbocycles. The zero-order valence-corrected chi connectivity index (χ0v) is 17.6. The van der Waals surface area contributed by atoms with Gasteiger partial charge in [0, 0.05) is 29.6 Å². The van der Waals surface area contributed by atoms with Crippen molar-refractivity contribution in [2.75, 3.05) is 26.6 Å². The van der Waals surface area contributed by atoms with Gasteiger partial charge in [-0.15, -0.1) is 0 Å². The van der Waals surface area contributed by atoms with Gasteiger partial charge in [0.2, 0.25) is 0 Å². The number of alkyl carbamates (subject to hydrolysis) is 1. The molecule has 0 radical (unpaired) electrons. The fourth-order valence-corrected chi connectivity index (χ4v) is 3.40. The van der Waals surface area contributed by atoms with E-state index in [1.807, 2.05) is 60.7 Å². The van der Waals surface area contributed by atoms with Gasteiger partial charge in [0.25, 0.3) is 0 Å². The average Bonchev–Trinajstić information content (AvgIpc) is 2.81. The van der Waals surface area contributed by atoms with Crippen molar-refractivity contribution in [3.63, 3.8) is 0 Å². The van der Waals surface area contributed by atoms with E-state index in [0.717, 1.165) is 50.2 Å². The van der Waals surface area contributed by atoms with E-state index >= 15 is 0 Å². The van der Waals surface area contributed by atoms with E-state index in [4.69, 9.17) is 19.2 Å². The van der Waals surface area contributed by atoms with Crippen molar-refractivity contribution in [3.05, 3.63) is 66.2 Å². The molecule has 0 saturated carbocycles. The van der Waals surface area contributed by atoms with Crippen LogP contribution in [-0.2, 0) is 11.3 Å². The van der Waals surface area contributed by atoms with Gasteiger partial charge < -0.3 is 24.8 Å². The summed E-state index contributed by atoms with van der Waals surface area (Å²) in [5.74, 6) is 1.49. The van der Waals surface area contributed by atoms with Crippen LogP contribution < -0.4 is 20.1 Å². The predicted octanol–water partition coefficient (Wildman–Crippen LogP) is 5.00. The summed E-state index contributed by atoms with van der Waals surface area (Å²) in [5.41, 5.74) is 4.30. The van der Waals surface area contributed by atoms with Gasteiger partial charge in [0.15, 0.2) is 0 Å². The molecule has 0 aliphatic heterocycles. The minimum atomic E-state index is -0.467. The topological polar surface area (TPSA) is 81.7 Å². The Balaban J connectivity index is 1.80. The van der Waals surface area contributed by atoms with E-state index in [0.29, 0.717) is 0 Å². The van der Waals surface area contributed by atoms with Crippen molar-refractivity contribution >= 4 is 39.3 Å². The van der Waals surface area contributed by atoms with E-state index in [1.54, 1.807) is 14.2 Å². The standard InChI is InChI=1S/C24H23N3O4/c1-25-24(28)31-14-15-5-4-6-16(11-15)26-23-19-9-7-18(30-3)13-22(19)27-21-10-8-17(29-2)12-20(21)23/h4-13H,14H2,1-3H3,(H,25,28)(H,26,27). The van der Waals surface area contributed by atoms with E-state index < -0.39 is 6.09 Å². The van der Waals surface area contributed by atoms with Crippen molar-refractivity contribution in [3.8, 4) is 11.5 Å². The highest BCUT2D eigenvalue weighted by atomic mass is 16.5. The molecule has 0 spiro atoms. The third-order valence-corrected chi connectivity index (χ3v) is 4.96. The molecule has 2 N–H and O–H groups in total. The van der Waals surface area contributed by atoms with E-state index in [9.17, 15) is 4.79 Å². The summed E-state index contributed by atoms with van der Waals surface area (Å²) in [6.45, 7) is 0.179. The van der Waals surface area contributed by atoms with Gasteiger partial charge in [-0.1, -0.05) is 12.1 Å². The van der Waals surface area contributed by atoms with Gasteiger partial charge in [-0.25, -0.2) is 9.78 Å². The van der Waals surface area contributed by atoms with Gasteiger partial charge in [-0.3, -0.25) is 0 Å². The number of anilines is 2. The van der Waals surface area contributed by atoms with E-state index in [1.165, 1.54) is 7.05 Å². The maximum Gasteiger partial charge on any atom is 0.407 e. The Morgan fingerprint density at radius 2 is 1.68 bits per heavy atom. The van der Waals surface area contributed by atoms with Crippen LogP contribution in [0.1, 0.15) is 5.56 Å². The second kappa shape index (κ2) is 8.79. The Morgan fingerprint density at radius 1 is 0.903 bits per heavy atom. The summed E-state index contributed by atoms with van der Waals surface area (Å²) in [5, 5.41) is 7.86. The zero-order chi connectivity index (χ0) is 21.8. The minimum absolute atomic E-state index is 0.179. The van der Waals surface area contributed by atoms with Crippen LogP contribution in [0.5, 0.6) is 11.5 Å². The highest BCUT2D eigenvalue weighted by molar-refractivity contribution is 6.09. The maximum absolute atomic E-state index is 11.4. The van der Waals surface area contributed by atoms with Crippen LogP contribution in [0.4, 0.5) is 16.2 Å². The second-order valence-electron chi connectivity index (χ2n) is 6.90. The van der Waals surface area contributed by atoms with Crippen LogP contribution in [0.2, 0.25) is 0 Å². The van der Waals surface area contributed by atoms with Crippen molar-refractivity contribution in [2.45, 2.75) is 6.61 Å². The Kier molecular flexibility index (Phi) is 5.75. The molecule has 4 aromatic rings. The number of aromatic nitrogens is 1. The first-order valence-electron chi connectivity index (χ1n) is 9.77. The molecule has 1 amide bonds. The number of amides is 1. The minimum Gasteiger partial charge on any atom is -0.497 e. The summed E-state index contributed by atoms with van der Waals surface area (Å²) in [7, 11) is 4.81. The molecule has 4 rings (SSSR count). The first-order chi connectivity index (χ1) is 15.1. The number of pyridine rings is 1. The molecule has 7 heteroatoms. The molecule has 1 heterocycles. The molecular formula is C24H23N3O4. The summed E-state index contributed by atoms with van der Waals surface area (Å²) >= 11 is 0. The summed E-state index contributed by atoms with van der Waals surface area (Å²) in [6, 6.07) is 19.3. The summed E-state index contributed by atoms with van der Waals surface area (Å²) in [6.07, 6.45) is -0.467. The summed E-state index contributed by atoms with van der Waals surface area (Å²) < 4.78 is 16.0. The number of hydrogen-bond acceptors (Lipinski definition) is 6. The highest BCUT2D eigenvalue weighted by Crippen LogP contribution is 2.36. The lowest BCUT2D eigenvalue weighted by Gasteiger charge is -2.15. The highest BCUT2D eigenvalue weighted by Gasteiger charge is 2.12. The molecule has 0 saturated heterocycles. The normalized spacial score (nSPS) is 10.7. The van der Waals surface area contributed by atoms with Crippen LogP contribution in [0.15, 0.2) is 60.7 Å². The molecule has 3 aromatic carbocycles. The van der Waals surface area contributed by atoms with Crippen LogP contribution in [0.25, 0.3) is 21.8 Å². The van der Waals surface area contributed by atoms with Crippen molar-refractivity contribution < 1.29 is 19.0 Å². The Hall–Kier alpha value is -4.00. The molecule has 1 aromatic heterocycles. The third kappa shape index (κ3) is 4.30. The number of nitrogens with one attached hydrogen (secondary N) is 2. The second-order valence-corrected chi connectivity index (χ2v) is 6.90. The molecule has 7 nitrogen and oxygen atoms in total. The first kappa shape index (κ1) is 20.3. The number of nitrogens with zero attached hydrogens (tertiary/aromatic N) is 1. The predicted molar refractivity (Wildman–Crippen MR) is 121 cm³/mol. The number of hydrogen-bond donors (Lipinski definition) is 2. The largest absolute Gasteiger partial charge is 0.497 e. The number of rotatable bonds is 6. The third-order valence-electron chi connectivity index (χ3n) is 4.96. The van der Waals surface area contributed by atoms with Gasteiger partial charge in [-0.05, 0) is 48.0 Å². The number of fused-ring (bicyclic) bond motifs is 2. The monoisotopic (exact) mass is 417 g/mol. The average molecular weight is 417 g/mol. The van der Waals surface area contributed by atoms with Crippen LogP contribution in [0, 0.1) is 0 Å². The number of ether oxygens (including phenoxy) is 3. The van der Waals surface area contributed by atoms with Crippen LogP contribution in [-0.4, -0.2) is 32.3 Å². The number of methoxy groups -OCH3 is 2. The number of carbonyl (C=O) groups excluding carboxylic acids is 1. The van der Waals surface area contributed by atoms with Crippen LogP contribution in [0.3, 0.4) is 0 Å². The fourth-order valence-electron chi connectivity index (χ4n) is 3.40. The lowest BCUT2D eigenvalue weighted by molar-refractivity contribution is 0.142. The number of carbonyl (C=O) groups is 1. The SMILES string of the molecule is CNC(=O)OCc1cccc(Nc2c3ccc(OC)cc3nc3ccc(OC)cc23)c1.